The third-order valence-corrected chi connectivity index (χ3v) is 5.85. The minimum absolute atomic E-state index is 0.183. The third-order valence-electron chi connectivity index (χ3n) is 4.82. The molecule has 2 aromatic carbocycles. The first kappa shape index (κ1) is 15.9. The van der Waals surface area contributed by atoms with Crippen molar-refractivity contribution in [1.29, 1.82) is 0 Å². The highest BCUT2D eigenvalue weighted by Gasteiger charge is 2.31. The van der Waals surface area contributed by atoms with Crippen LogP contribution in [0.1, 0.15) is 11.1 Å². The predicted octanol–water partition coefficient (Wildman–Crippen LogP) is 2.02. The zero-order chi connectivity index (χ0) is 18.7. The Hall–Kier alpha value is -3.32. The highest BCUT2D eigenvalue weighted by molar-refractivity contribution is 7.15. The molecule has 0 spiro atoms. The van der Waals surface area contributed by atoms with Crippen LogP contribution in [-0.2, 0) is 4.79 Å². The first-order valence-corrected chi connectivity index (χ1v) is 9.25. The molecule has 0 radical (unpaired) electrons. The van der Waals surface area contributed by atoms with Gasteiger partial charge in [-0.05, 0) is 18.6 Å². The van der Waals surface area contributed by atoms with E-state index in [0.717, 1.165) is 22.4 Å². The fourth-order valence-electron chi connectivity index (χ4n) is 3.41. The summed E-state index contributed by atoms with van der Waals surface area (Å²) in [5, 5.41) is 4.40. The molecule has 4 aromatic rings. The van der Waals surface area contributed by atoms with Gasteiger partial charge in [-0.1, -0.05) is 53.8 Å². The summed E-state index contributed by atoms with van der Waals surface area (Å²) in [6.07, 6.45) is 0. The van der Waals surface area contributed by atoms with Gasteiger partial charge in [0.2, 0.25) is 4.96 Å². The topological polar surface area (TPSA) is 67.6 Å². The first-order valence-electron chi connectivity index (χ1n) is 8.43. The quantitative estimate of drug-likeness (QED) is 0.511. The minimum atomic E-state index is -0.309. The lowest BCUT2D eigenvalue weighted by atomic mass is 10.1. The van der Waals surface area contributed by atoms with Crippen LogP contribution in [0, 0.1) is 6.92 Å². The van der Waals surface area contributed by atoms with Gasteiger partial charge in [0.15, 0.2) is 5.82 Å². The summed E-state index contributed by atoms with van der Waals surface area (Å²) in [6.45, 7) is 1.98. The van der Waals surface area contributed by atoms with Gasteiger partial charge in [0.1, 0.15) is 4.53 Å². The van der Waals surface area contributed by atoms with E-state index in [9.17, 15) is 9.59 Å². The van der Waals surface area contributed by atoms with Crippen LogP contribution < -0.4 is 15.0 Å². The predicted molar refractivity (Wildman–Crippen MR) is 105 cm³/mol. The third kappa shape index (κ3) is 2.18. The molecule has 0 N–H and O–H groups in total. The monoisotopic (exact) mass is 374 g/mol. The maximum Gasteiger partial charge on any atom is 0.291 e. The molecule has 5 rings (SSSR count). The lowest BCUT2D eigenvalue weighted by Gasteiger charge is -2.07. The first-order chi connectivity index (χ1) is 13.1. The molecule has 0 bridgehead atoms. The SMILES string of the molecule is Cc1ccccc1-c1nc2s/c(=C3\C(=O)N(C)c4ccccc43)c(=O)n2n1. The second kappa shape index (κ2) is 5.59. The normalized spacial score (nSPS) is 15.6. The van der Waals surface area contributed by atoms with Crippen molar-refractivity contribution in [3.05, 3.63) is 74.5 Å². The molecule has 6 nitrogen and oxygen atoms in total. The maximum absolute atomic E-state index is 13.0. The van der Waals surface area contributed by atoms with Gasteiger partial charge in [-0.2, -0.15) is 9.50 Å². The number of hydrogen-bond acceptors (Lipinski definition) is 5. The summed E-state index contributed by atoms with van der Waals surface area (Å²) >= 11 is 1.20. The Morgan fingerprint density at radius 2 is 1.67 bits per heavy atom. The van der Waals surface area contributed by atoms with Crippen molar-refractivity contribution < 1.29 is 4.79 Å². The van der Waals surface area contributed by atoms with Gasteiger partial charge in [-0.15, -0.1) is 5.10 Å². The molecule has 1 aliphatic heterocycles. The maximum atomic E-state index is 13.0. The van der Waals surface area contributed by atoms with Crippen LogP contribution in [0.2, 0.25) is 0 Å². The molecular formula is C20H14N4O2S. The number of fused-ring (bicyclic) bond motifs is 2. The second-order valence-corrected chi connectivity index (χ2v) is 7.41. The van der Waals surface area contributed by atoms with Crippen molar-refractivity contribution in [3.63, 3.8) is 0 Å². The Kier molecular flexibility index (Phi) is 3.29. The number of amides is 1. The summed E-state index contributed by atoms with van der Waals surface area (Å²) in [5.41, 5.74) is 3.62. The van der Waals surface area contributed by atoms with E-state index in [0.29, 0.717) is 20.9 Å². The Morgan fingerprint density at radius 1 is 0.963 bits per heavy atom. The van der Waals surface area contributed by atoms with E-state index in [4.69, 9.17) is 0 Å². The number of hydrogen-bond donors (Lipinski definition) is 0. The molecule has 0 saturated heterocycles. The Balaban J connectivity index is 1.78. The standard InChI is InChI=1S/C20H14N4O2S/c1-11-7-3-4-8-12(11)17-21-20-24(22-17)19(26)16(27-20)15-13-9-5-6-10-14(13)23(2)18(15)25/h3-10H,1-2H3/b16-15-. The summed E-state index contributed by atoms with van der Waals surface area (Å²) in [5.74, 6) is 0.334. The lowest BCUT2D eigenvalue weighted by molar-refractivity contribution is -0.112. The zero-order valence-corrected chi connectivity index (χ0v) is 15.4. The number of anilines is 1. The van der Waals surface area contributed by atoms with Gasteiger partial charge in [0, 0.05) is 18.2 Å². The molecule has 132 valence electrons. The number of aryl methyl sites for hydroxylation is 1. The highest BCUT2D eigenvalue weighted by atomic mass is 32.1. The van der Waals surface area contributed by atoms with Gasteiger partial charge in [-0.25, -0.2) is 0 Å². The van der Waals surface area contributed by atoms with E-state index in [1.165, 1.54) is 15.9 Å². The van der Waals surface area contributed by atoms with Crippen LogP contribution >= 0.6 is 11.3 Å². The number of aromatic nitrogens is 3. The number of benzene rings is 2. The number of thiazole rings is 1. The number of carbonyl (C=O) groups is 1. The number of rotatable bonds is 1. The van der Waals surface area contributed by atoms with Crippen molar-refractivity contribution in [2.75, 3.05) is 11.9 Å². The average molecular weight is 374 g/mol. The Morgan fingerprint density at radius 3 is 2.41 bits per heavy atom. The number of carbonyl (C=O) groups excluding carboxylic acids is 1. The second-order valence-electron chi connectivity index (χ2n) is 6.44. The van der Waals surface area contributed by atoms with Crippen molar-refractivity contribution in [2.45, 2.75) is 6.92 Å². The summed E-state index contributed by atoms with van der Waals surface area (Å²) in [6, 6.07) is 15.3. The molecule has 0 atom stereocenters. The molecule has 1 aliphatic rings. The van der Waals surface area contributed by atoms with Gasteiger partial charge < -0.3 is 4.90 Å². The van der Waals surface area contributed by atoms with Gasteiger partial charge in [0.25, 0.3) is 11.5 Å². The van der Waals surface area contributed by atoms with Gasteiger partial charge >= 0.3 is 0 Å². The molecule has 3 heterocycles. The van der Waals surface area contributed by atoms with Crippen molar-refractivity contribution in [1.82, 2.24) is 14.6 Å². The fourth-order valence-corrected chi connectivity index (χ4v) is 4.41. The number of likely N-dealkylation sites (N-methyl/N-ethyl adjacent to an activating group) is 1. The minimum Gasteiger partial charge on any atom is -0.311 e. The van der Waals surface area contributed by atoms with E-state index in [1.54, 1.807) is 11.9 Å². The van der Waals surface area contributed by atoms with Gasteiger partial charge in [-0.3, -0.25) is 9.59 Å². The van der Waals surface area contributed by atoms with Crippen LogP contribution in [0.15, 0.2) is 53.3 Å². The molecule has 0 fully saturated rings. The largest absolute Gasteiger partial charge is 0.311 e. The number of para-hydroxylation sites is 1. The molecule has 0 saturated carbocycles. The Bertz CT molecular complexity index is 1350. The Labute approximate surface area is 158 Å². The molecule has 27 heavy (non-hydrogen) atoms. The van der Waals surface area contributed by atoms with Crippen molar-refractivity contribution >= 4 is 33.5 Å². The van der Waals surface area contributed by atoms with Gasteiger partial charge in [0.05, 0.1) is 11.3 Å². The summed E-state index contributed by atoms with van der Waals surface area (Å²) in [4.78, 5) is 32.3. The van der Waals surface area contributed by atoms with Crippen LogP contribution in [0.4, 0.5) is 5.69 Å². The number of nitrogens with zero attached hydrogens (tertiary/aromatic N) is 4. The van der Waals surface area contributed by atoms with Crippen LogP contribution in [0.25, 0.3) is 21.9 Å². The van der Waals surface area contributed by atoms with E-state index in [2.05, 4.69) is 10.1 Å². The summed E-state index contributed by atoms with van der Waals surface area (Å²) < 4.78 is 1.67. The van der Waals surface area contributed by atoms with E-state index in [-0.39, 0.29) is 11.5 Å². The highest BCUT2D eigenvalue weighted by Crippen LogP contribution is 2.33. The smallest absolute Gasteiger partial charge is 0.291 e. The summed E-state index contributed by atoms with van der Waals surface area (Å²) in [7, 11) is 1.71. The van der Waals surface area contributed by atoms with E-state index in [1.807, 2.05) is 55.5 Å². The van der Waals surface area contributed by atoms with Crippen LogP contribution in [-0.4, -0.2) is 27.6 Å². The van der Waals surface area contributed by atoms with Crippen molar-refractivity contribution in [2.24, 2.45) is 0 Å². The molecule has 2 aromatic heterocycles. The van der Waals surface area contributed by atoms with Crippen LogP contribution in [0.3, 0.4) is 0 Å². The molecule has 0 unspecified atom stereocenters. The van der Waals surface area contributed by atoms with Crippen LogP contribution in [0.5, 0.6) is 0 Å². The van der Waals surface area contributed by atoms with E-state index < -0.39 is 0 Å². The molecule has 1 amide bonds. The van der Waals surface area contributed by atoms with E-state index >= 15 is 0 Å². The zero-order valence-electron chi connectivity index (χ0n) is 14.6. The fraction of sp³-hybridized carbons (Fsp3) is 0.100. The molecule has 0 aliphatic carbocycles. The average Bonchev–Trinajstić information content (AvgIpc) is 3.29. The molecular weight excluding hydrogens is 360 g/mol. The lowest BCUT2D eigenvalue weighted by Crippen LogP contribution is -2.30. The molecule has 7 heteroatoms. The van der Waals surface area contributed by atoms with Crippen molar-refractivity contribution in [3.8, 4) is 11.4 Å².